The van der Waals surface area contributed by atoms with E-state index in [0.29, 0.717) is 19.6 Å². The van der Waals surface area contributed by atoms with Crippen LogP contribution in [0.4, 0.5) is 0 Å². The zero-order valence-electron chi connectivity index (χ0n) is 9.84. The Kier molecular flexibility index (Phi) is 5.25. The Labute approximate surface area is 104 Å². The van der Waals surface area contributed by atoms with Crippen molar-refractivity contribution in [2.45, 2.75) is 18.4 Å². The van der Waals surface area contributed by atoms with Gasteiger partial charge in [0.2, 0.25) is 0 Å². The highest BCUT2D eigenvalue weighted by Gasteiger charge is 2.24. The lowest BCUT2D eigenvalue weighted by atomic mass is 10.4. The third-order valence-electron chi connectivity index (χ3n) is 2.07. The molecule has 1 heterocycles. The first-order chi connectivity index (χ1) is 8.49. The molecule has 0 saturated heterocycles. The average Bonchev–Trinajstić information content (AvgIpc) is 2.78. The highest BCUT2D eigenvalue weighted by atomic mass is 32.2. The lowest BCUT2D eigenvalue weighted by molar-refractivity contribution is 0.0692. The van der Waals surface area contributed by atoms with Crippen molar-refractivity contribution >= 4 is 16.0 Å². The number of hydrogen-bond donors (Lipinski definition) is 3. The van der Waals surface area contributed by atoms with E-state index >= 15 is 0 Å². The summed E-state index contributed by atoms with van der Waals surface area (Å²) >= 11 is 0. The van der Waals surface area contributed by atoms with Crippen LogP contribution in [-0.2, 0) is 14.8 Å². The highest BCUT2D eigenvalue weighted by Crippen LogP contribution is 2.11. The Bertz CT molecular complexity index is 496. The Morgan fingerprint density at radius 3 is 2.94 bits per heavy atom. The van der Waals surface area contributed by atoms with Gasteiger partial charge in [-0.1, -0.05) is 0 Å². The van der Waals surface area contributed by atoms with Gasteiger partial charge in [-0.15, -0.1) is 0 Å². The first kappa shape index (κ1) is 14.6. The summed E-state index contributed by atoms with van der Waals surface area (Å²) < 4.78 is 30.9. The number of nitrogens with zero attached hydrogens (tertiary/aromatic N) is 1. The van der Waals surface area contributed by atoms with Crippen molar-refractivity contribution in [3.63, 3.8) is 0 Å². The van der Waals surface area contributed by atoms with E-state index in [1.54, 1.807) is 0 Å². The largest absolute Gasteiger partial charge is 0.478 e. The minimum atomic E-state index is -3.88. The molecule has 3 N–H and O–H groups in total. The van der Waals surface area contributed by atoms with Crippen molar-refractivity contribution in [2.24, 2.45) is 0 Å². The van der Waals surface area contributed by atoms with Crippen LogP contribution in [0.25, 0.3) is 0 Å². The molecule has 0 aromatic carbocycles. The molecule has 9 heteroatoms. The topological polar surface area (TPSA) is 121 Å². The number of H-pyrrole nitrogens is 1. The van der Waals surface area contributed by atoms with E-state index in [1.165, 1.54) is 0 Å². The molecule has 0 aliphatic heterocycles. The molecule has 1 aromatic heterocycles. The van der Waals surface area contributed by atoms with Gasteiger partial charge in [0.1, 0.15) is 5.56 Å². The third-order valence-corrected chi connectivity index (χ3v) is 3.50. The SMILES string of the molecule is CCOCCCNS(=O)(=O)c1[nH]ncc1C(=O)O. The molecule has 0 saturated carbocycles. The molecule has 0 bridgehead atoms. The maximum atomic E-state index is 11.8. The molecule has 0 radical (unpaired) electrons. The van der Waals surface area contributed by atoms with Crippen LogP contribution in [0.5, 0.6) is 0 Å². The number of ether oxygens (including phenoxy) is 1. The van der Waals surface area contributed by atoms with Gasteiger partial charge in [-0.25, -0.2) is 17.9 Å². The predicted molar refractivity (Wildman–Crippen MR) is 61.8 cm³/mol. The fourth-order valence-electron chi connectivity index (χ4n) is 1.23. The number of carbonyl (C=O) groups is 1. The molecule has 0 aliphatic carbocycles. The zero-order valence-corrected chi connectivity index (χ0v) is 10.7. The van der Waals surface area contributed by atoms with E-state index in [-0.39, 0.29) is 12.1 Å². The molecule has 1 aromatic rings. The van der Waals surface area contributed by atoms with E-state index < -0.39 is 21.0 Å². The molecule has 1 rings (SSSR count). The minimum absolute atomic E-state index is 0.167. The lowest BCUT2D eigenvalue weighted by Gasteiger charge is -2.05. The van der Waals surface area contributed by atoms with E-state index in [4.69, 9.17) is 9.84 Å². The minimum Gasteiger partial charge on any atom is -0.478 e. The maximum Gasteiger partial charge on any atom is 0.340 e. The second-order valence-electron chi connectivity index (χ2n) is 3.37. The van der Waals surface area contributed by atoms with Crippen molar-refractivity contribution in [3.8, 4) is 0 Å². The maximum absolute atomic E-state index is 11.8. The number of aromatic amines is 1. The van der Waals surface area contributed by atoms with Crippen molar-refractivity contribution in [1.29, 1.82) is 0 Å². The summed E-state index contributed by atoms with van der Waals surface area (Å²) in [5.41, 5.74) is -0.382. The number of sulfonamides is 1. The van der Waals surface area contributed by atoms with Gasteiger partial charge in [-0.05, 0) is 13.3 Å². The van der Waals surface area contributed by atoms with Crippen LogP contribution in [0.15, 0.2) is 11.2 Å². The molecule has 8 nitrogen and oxygen atoms in total. The van der Waals surface area contributed by atoms with E-state index in [9.17, 15) is 13.2 Å². The highest BCUT2D eigenvalue weighted by molar-refractivity contribution is 7.89. The number of rotatable bonds is 8. The molecule has 0 spiro atoms. The van der Waals surface area contributed by atoms with Gasteiger partial charge in [-0.2, -0.15) is 5.10 Å². The van der Waals surface area contributed by atoms with Crippen LogP contribution >= 0.6 is 0 Å². The number of carboxylic acids is 1. The normalized spacial score (nSPS) is 11.6. The molecule has 0 unspecified atom stereocenters. The monoisotopic (exact) mass is 277 g/mol. The summed E-state index contributed by atoms with van der Waals surface area (Å²) in [4.78, 5) is 10.8. The van der Waals surface area contributed by atoms with Gasteiger partial charge in [0, 0.05) is 19.8 Å². The van der Waals surface area contributed by atoms with Crippen LogP contribution in [0.1, 0.15) is 23.7 Å². The quantitative estimate of drug-likeness (QED) is 0.566. The van der Waals surface area contributed by atoms with Crippen molar-refractivity contribution < 1.29 is 23.1 Å². The first-order valence-electron chi connectivity index (χ1n) is 5.33. The molecule has 0 fully saturated rings. The number of aromatic nitrogens is 2. The summed E-state index contributed by atoms with van der Waals surface area (Å²) in [7, 11) is -3.88. The van der Waals surface area contributed by atoms with Crippen molar-refractivity contribution in [3.05, 3.63) is 11.8 Å². The smallest absolute Gasteiger partial charge is 0.340 e. The molecule has 0 amide bonds. The fraction of sp³-hybridized carbons (Fsp3) is 0.556. The molecule has 0 aliphatic rings. The number of carboxylic acid groups (broad SMARTS) is 1. The predicted octanol–water partition coefficient (Wildman–Crippen LogP) is -0.187. The Hall–Kier alpha value is -1.45. The van der Waals surface area contributed by atoms with E-state index in [0.717, 1.165) is 6.20 Å². The average molecular weight is 277 g/mol. The van der Waals surface area contributed by atoms with Crippen LogP contribution in [0, 0.1) is 0 Å². The lowest BCUT2D eigenvalue weighted by Crippen LogP contribution is -2.27. The van der Waals surface area contributed by atoms with Crippen molar-refractivity contribution in [2.75, 3.05) is 19.8 Å². The molecular formula is C9H15N3O5S. The van der Waals surface area contributed by atoms with Gasteiger partial charge < -0.3 is 9.84 Å². The third kappa shape index (κ3) is 3.79. The van der Waals surface area contributed by atoms with Crippen LogP contribution < -0.4 is 4.72 Å². The molecular weight excluding hydrogens is 262 g/mol. The molecule has 102 valence electrons. The van der Waals surface area contributed by atoms with Crippen molar-refractivity contribution in [1.82, 2.24) is 14.9 Å². The standard InChI is InChI=1S/C9H15N3O5S/c1-2-17-5-3-4-11-18(15,16)8-7(9(13)14)6-10-12-8/h6,11H,2-5H2,1H3,(H,10,12)(H,13,14). The second kappa shape index (κ2) is 6.47. The van der Waals surface area contributed by atoms with Gasteiger partial charge in [0.15, 0.2) is 5.03 Å². The van der Waals surface area contributed by atoms with Crippen LogP contribution in [0.3, 0.4) is 0 Å². The molecule has 18 heavy (non-hydrogen) atoms. The summed E-state index contributed by atoms with van der Waals surface area (Å²) in [6.45, 7) is 3.01. The van der Waals surface area contributed by atoms with Gasteiger partial charge >= 0.3 is 5.97 Å². The number of aromatic carboxylic acids is 1. The number of nitrogens with one attached hydrogen (secondary N) is 2. The Morgan fingerprint density at radius 2 is 2.33 bits per heavy atom. The summed E-state index contributed by atoms with van der Waals surface area (Å²) in [6.07, 6.45) is 1.46. The molecule has 0 atom stereocenters. The Morgan fingerprint density at radius 1 is 1.61 bits per heavy atom. The summed E-state index contributed by atoms with van der Waals surface area (Å²) in [5.74, 6) is -1.35. The van der Waals surface area contributed by atoms with E-state index in [1.807, 2.05) is 6.92 Å². The van der Waals surface area contributed by atoms with Gasteiger partial charge in [0.25, 0.3) is 10.0 Å². The summed E-state index contributed by atoms with van der Waals surface area (Å²) in [6, 6.07) is 0. The Balaban J connectivity index is 2.63. The van der Waals surface area contributed by atoms with E-state index in [2.05, 4.69) is 14.9 Å². The van der Waals surface area contributed by atoms with Crippen LogP contribution in [-0.4, -0.2) is 49.4 Å². The van der Waals surface area contributed by atoms with Crippen LogP contribution in [0.2, 0.25) is 0 Å². The number of hydrogen-bond acceptors (Lipinski definition) is 5. The zero-order chi connectivity index (χ0) is 13.6. The first-order valence-corrected chi connectivity index (χ1v) is 6.81. The summed E-state index contributed by atoms with van der Waals surface area (Å²) in [5, 5.41) is 13.9. The second-order valence-corrected chi connectivity index (χ2v) is 5.07. The van der Waals surface area contributed by atoms with Gasteiger partial charge in [-0.3, -0.25) is 5.10 Å². The fourth-order valence-corrected chi connectivity index (χ4v) is 2.39. The van der Waals surface area contributed by atoms with Gasteiger partial charge in [0.05, 0.1) is 6.20 Å².